The quantitative estimate of drug-likeness (QED) is 0.740. The van der Waals surface area contributed by atoms with Crippen LogP contribution in [-0.4, -0.2) is 31.7 Å². The Morgan fingerprint density at radius 3 is 2.24 bits per heavy atom. The fourth-order valence-corrected chi connectivity index (χ4v) is 1.93. The molecule has 0 saturated carbocycles. The number of benzene rings is 1. The van der Waals surface area contributed by atoms with Crippen LogP contribution in [0.2, 0.25) is 0 Å². The van der Waals surface area contributed by atoms with E-state index in [1.807, 2.05) is 25.1 Å². The second-order valence-electron chi connectivity index (χ2n) is 4.29. The van der Waals surface area contributed by atoms with Gasteiger partial charge in [0.25, 0.3) is 0 Å². The van der Waals surface area contributed by atoms with E-state index in [-0.39, 0.29) is 12.2 Å². The van der Waals surface area contributed by atoms with E-state index < -0.39 is 6.10 Å². The smallest absolute Gasteiger partial charge is 0.161 e. The van der Waals surface area contributed by atoms with Crippen LogP contribution in [0.1, 0.15) is 18.9 Å². The molecule has 0 aromatic heterocycles. The Morgan fingerprint density at radius 2 is 1.71 bits per heavy atom. The Hall–Kier alpha value is -0.900. The van der Waals surface area contributed by atoms with Gasteiger partial charge in [-0.1, -0.05) is 37.3 Å². The van der Waals surface area contributed by atoms with Crippen molar-refractivity contribution in [2.75, 3.05) is 14.2 Å². The van der Waals surface area contributed by atoms with Crippen LogP contribution < -0.4 is 0 Å². The highest BCUT2D eigenvalue weighted by Crippen LogP contribution is 2.17. The van der Waals surface area contributed by atoms with E-state index in [0.29, 0.717) is 6.42 Å². The number of ether oxygens (including phenoxy) is 2. The van der Waals surface area contributed by atoms with Gasteiger partial charge in [-0.3, -0.25) is 0 Å². The Labute approximate surface area is 103 Å². The van der Waals surface area contributed by atoms with E-state index in [4.69, 9.17) is 9.47 Å². The Morgan fingerprint density at radius 1 is 1.12 bits per heavy atom. The van der Waals surface area contributed by atoms with Crippen molar-refractivity contribution in [1.29, 1.82) is 0 Å². The Bertz CT molecular complexity index is 296. The van der Waals surface area contributed by atoms with E-state index >= 15 is 0 Å². The highest BCUT2D eigenvalue weighted by Gasteiger charge is 2.23. The van der Waals surface area contributed by atoms with Crippen molar-refractivity contribution in [2.45, 2.75) is 32.2 Å². The number of hydrogen-bond acceptors (Lipinski definition) is 3. The summed E-state index contributed by atoms with van der Waals surface area (Å²) in [6, 6.07) is 10.2. The maximum absolute atomic E-state index is 10.1. The van der Waals surface area contributed by atoms with Crippen molar-refractivity contribution in [1.82, 2.24) is 0 Å². The molecule has 1 aromatic carbocycles. The molecule has 0 radical (unpaired) electrons. The first-order valence-corrected chi connectivity index (χ1v) is 5.96. The highest BCUT2D eigenvalue weighted by molar-refractivity contribution is 5.14. The zero-order valence-corrected chi connectivity index (χ0v) is 10.8. The summed E-state index contributed by atoms with van der Waals surface area (Å²) < 4.78 is 10.3. The largest absolute Gasteiger partial charge is 0.393 e. The number of aryl methyl sites for hydroxylation is 1. The van der Waals surface area contributed by atoms with Crippen LogP contribution in [0.5, 0.6) is 0 Å². The van der Waals surface area contributed by atoms with Gasteiger partial charge in [-0.15, -0.1) is 0 Å². The number of hydrogen-bond donors (Lipinski definition) is 1. The fourth-order valence-electron chi connectivity index (χ4n) is 1.93. The molecular formula is C14H22O3. The van der Waals surface area contributed by atoms with Crippen molar-refractivity contribution in [3.05, 3.63) is 35.9 Å². The number of aliphatic hydroxyl groups excluding tert-OH is 1. The molecule has 0 amide bonds. The summed E-state index contributed by atoms with van der Waals surface area (Å²) >= 11 is 0. The Balaban J connectivity index is 2.41. The number of rotatable bonds is 7. The maximum atomic E-state index is 10.1. The minimum atomic E-state index is -0.417. The second-order valence-corrected chi connectivity index (χ2v) is 4.29. The molecule has 0 spiro atoms. The van der Waals surface area contributed by atoms with Gasteiger partial charge in [0.2, 0.25) is 0 Å². The normalized spacial score (nSPS) is 14.9. The molecule has 0 aliphatic heterocycles. The van der Waals surface area contributed by atoms with Crippen molar-refractivity contribution >= 4 is 0 Å². The third-order valence-corrected chi connectivity index (χ3v) is 3.07. The van der Waals surface area contributed by atoms with Gasteiger partial charge in [0.1, 0.15) is 0 Å². The summed E-state index contributed by atoms with van der Waals surface area (Å²) in [4.78, 5) is 0. The summed E-state index contributed by atoms with van der Waals surface area (Å²) in [5, 5.41) is 10.1. The summed E-state index contributed by atoms with van der Waals surface area (Å²) in [5.41, 5.74) is 1.24. The third kappa shape index (κ3) is 4.46. The molecule has 3 heteroatoms. The van der Waals surface area contributed by atoms with E-state index in [2.05, 4.69) is 12.1 Å². The zero-order valence-electron chi connectivity index (χ0n) is 10.8. The molecule has 0 heterocycles. The van der Waals surface area contributed by atoms with Crippen LogP contribution in [0.4, 0.5) is 0 Å². The van der Waals surface area contributed by atoms with Crippen molar-refractivity contribution in [3.8, 4) is 0 Å². The molecule has 1 rings (SSSR count). The fraction of sp³-hybridized carbons (Fsp3) is 0.571. The van der Waals surface area contributed by atoms with Crippen molar-refractivity contribution in [3.63, 3.8) is 0 Å². The topological polar surface area (TPSA) is 38.7 Å². The number of methoxy groups -OCH3 is 2. The first kappa shape index (κ1) is 14.2. The van der Waals surface area contributed by atoms with E-state index in [1.165, 1.54) is 5.56 Å². The van der Waals surface area contributed by atoms with Gasteiger partial charge in [0.05, 0.1) is 6.10 Å². The third-order valence-electron chi connectivity index (χ3n) is 3.07. The van der Waals surface area contributed by atoms with Gasteiger partial charge in [0, 0.05) is 20.1 Å². The van der Waals surface area contributed by atoms with E-state index in [1.54, 1.807) is 14.2 Å². The molecule has 3 nitrogen and oxygen atoms in total. The SMILES string of the molecule is COC(OC)[C@@H](C)[C@H](O)CCc1ccccc1. The number of aliphatic hydroxyl groups is 1. The highest BCUT2D eigenvalue weighted by atomic mass is 16.7. The lowest BCUT2D eigenvalue weighted by Crippen LogP contribution is -2.32. The van der Waals surface area contributed by atoms with Gasteiger partial charge >= 0.3 is 0 Å². The first-order valence-electron chi connectivity index (χ1n) is 5.96. The summed E-state index contributed by atoms with van der Waals surface area (Å²) in [6.45, 7) is 1.94. The molecule has 0 saturated heterocycles. The van der Waals surface area contributed by atoms with Crippen LogP contribution in [-0.2, 0) is 15.9 Å². The minimum Gasteiger partial charge on any atom is -0.393 e. The molecule has 0 aliphatic rings. The summed E-state index contributed by atoms with van der Waals surface area (Å²) in [5.74, 6) is -0.0336. The van der Waals surface area contributed by atoms with Crippen LogP contribution in [0.25, 0.3) is 0 Å². The molecule has 17 heavy (non-hydrogen) atoms. The molecule has 1 aromatic rings. The minimum absolute atomic E-state index is 0.0336. The molecule has 96 valence electrons. The summed E-state index contributed by atoms with van der Waals surface area (Å²) in [7, 11) is 3.18. The van der Waals surface area contributed by atoms with Crippen LogP contribution in [0.3, 0.4) is 0 Å². The molecule has 1 N–H and O–H groups in total. The zero-order chi connectivity index (χ0) is 12.7. The molecule has 0 fully saturated rings. The molecule has 0 unspecified atom stereocenters. The van der Waals surface area contributed by atoms with Crippen LogP contribution >= 0.6 is 0 Å². The van der Waals surface area contributed by atoms with Crippen LogP contribution in [0, 0.1) is 5.92 Å². The van der Waals surface area contributed by atoms with E-state index in [0.717, 1.165) is 6.42 Å². The molecule has 2 atom stereocenters. The molecular weight excluding hydrogens is 216 g/mol. The van der Waals surface area contributed by atoms with Crippen molar-refractivity contribution < 1.29 is 14.6 Å². The predicted octanol–water partition coefficient (Wildman–Crippen LogP) is 2.24. The van der Waals surface area contributed by atoms with Gasteiger partial charge in [-0.25, -0.2) is 0 Å². The van der Waals surface area contributed by atoms with Gasteiger partial charge in [0.15, 0.2) is 6.29 Å². The molecule has 0 aliphatic carbocycles. The maximum Gasteiger partial charge on any atom is 0.161 e. The predicted molar refractivity (Wildman–Crippen MR) is 67.7 cm³/mol. The van der Waals surface area contributed by atoms with Crippen molar-refractivity contribution in [2.24, 2.45) is 5.92 Å². The lowest BCUT2D eigenvalue weighted by Gasteiger charge is -2.25. The lowest BCUT2D eigenvalue weighted by molar-refractivity contribution is -0.156. The average Bonchev–Trinajstić information content (AvgIpc) is 2.38. The van der Waals surface area contributed by atoms with E-state index in [9.17, 15) is 5.11 Å². The lowest BCUT2D eigenvalue weighted by atomic mass is 9.97. The second kappa shape index (κ2) is 7.43. The van der Waals surface area contributed by atoms with Gasteiger partial charge in [-0.05, 0) is 18.4 Å². The Kier molecular flexibility index (Phi) is 6.19. The van der Waals surface area contributed by atoms with Crippen LogP contribution in [0.15, 0.2) is 30.3 Å². The first-order chi connectivity index (χ1) is 8.19. The monoisotopic (exact) mass is 238 g/mol. The van der Waals surface area contributed by atoms with Gasteiger partial charge in [-0.2, -0.15) is 0 Å². The summed E-state index contributed by atoms with van der Waals surface area (Å²) in [6.07, 6.45) is 0.821. The average molecular weight is 238 g/mol. The van der Waals surface area contributed by atoms with Gasteiger partial charge < -0.3 is 14.6 Å². The molecule has 0 bridgehead atoms. The standard InChI is InChI=1S/C14H22O3/c1-11(14(16-2)17-3)13(15)10-9-12-7-5-4-6-8-12/h4-8,11,13-15H,9-10H2,1-3H3/t11-,13+/m0/s1.